The molecule has 0 N–H and O–H groups in total. The predicted molar refractivity (Wildman–Crippen MR) is 68.0 cm³/mol. The molecule has 2 aromatic carbocycles. The zero-order valence-corrected chi connectivity index (χ0v) is 9.89. The largest absolute Gasteiger partial charge is 0.476 e. The van der Waals surface area contributed by atoms with E-state index in [-0.39, 0.29) is 5.78 Å². The van der Waals surface area contributed by atoms with Crippen molar-refractivity contribution in [1.82, 2.24) is 0 Å². The lowest BCUT2D eigenvalue weighted by molar-refractivity contribution is 0.0988. The van der Waals surface area contributed by atoms with E-state index >= 15 is 0 Å². The molecule has 0 radical (unpaired) electrons. The van der Waals surface area contributed by atoms with E-state index in [1.54, 1.807) is 36.4 Å². The van der Waals surface area contributed by atoms with Crippen LogP contribution in [0.25, 0.3) is 0 Å². The molecule has 2 aromatic rings. The van der Waals surface area contributed by atoms with Gasteiger partial charge >= 0.3 is 16.9 Å². The minimum Gasteiger partial charge on any atom is -0.287 e. The van der Waals surface area contributed by atoms with Gasteiger partial charge in [0, 0.05) is 15.3 Å². The Morgan fingerprint density at radius 2 is 1.41 bits per heavy atom. The van der Waals surface area contributed by atoms with E-state index in [0.29, 0.717) is 17.2 Å². The molecule has 0 spiro atoms. The van der Waals surface area contributed by atoms with Gasteiger partial charge in [0.05, 0.1) is 0 Å². The Bertz CT molecular complexity index is 508. The van der Waals surface area contributed by atoms with Gasteiger partial charge in [-0.25, -0.2) is 0 Å². The van der Waals surface area contributed by atoms with E-state index in [0.717, 1.165) is 5.56 Å². The Morgan fingerprint density at radius 3 is 1.94 bits per heavy atom. The van der Waals surface area contributed by atoms with Gasteiger partial charge in [0.1, 0.15) is 0 Å². The monoisotopic (exact) mass is 243 g/mol. The molecule has 0 amide bonds. The van der Waals surface area contributed by atoms with E-state index in [1.165, 1.54) is 0 Å². The highest BCUT2D eigenvalue weighted by Crippen LogP contribution is 2.20. The highest BCUT2D eigenvalue weighted by molar-refractivity contribution is 7.66. The van der Waals surface area contributed by atoms with Gasteiger partial charge in [0.15, 0.2) is 0 Å². The Kier molecular flexibility index (Phi) is 3.73. The van der Waals surface area contributed by atoms with Crippen LogP contribution in [0, 0.1) is 0 Å². The molecule has 0 aliphatic carbocycles. The summed E-state index contributed by atoms with van der Waals surface area (Å²) in [7, 11) is 0. The second-order valence-electron chi connectivity index (χ2n) is 3.62. The molecule has 1 unspecified atom stereocenters. The average molecular weight is 243 g/mol. The van der Waals surface area contributed by atoms with Gasteiger partial charge in [-0.2, -0.15) is 0 Å². The maximum absolute atomic E-state index is 12.2. The second kappa shape index (κ2) is 5.46. The lowest BCUT2D eigenvalue weighted by atomic mass is 10.0. The van der Waals surface area contributed by atoms with Gasteiger partial charge in [-0.3, -0.25) is 4.79 Å². The lowest BCUT2D eigenvalue weighted by Gasteiger charge is -2.00. The van der Waals surface area contributed by atoms with E-state index in [4.69, 9.17) is 0 Å². The van der Waals surface area contributed by atoms with Gasteiger partial charge in [0.25, 0.3) is 0 Å². The van der Waals surface area contributed by atoms with Crippen LogP contribution in [0.1, 0.15) is 21.2 Å². The molecule has 0 bridgehead atoms. The van der Waals surface area contributed by atoms with Crippen molar-refractivity contribution in [3.8, 4) is 0 Å². The summed E-state index contributed by atoms with van der Waals surface area (Å²) in [5.41, 5.74) is 1.33. The van der Waals surface area contributed by atoms with Crippen molar-refractivity contribution >= 4 is 17.4 Å². The molecule has 0 fully saturated rings. The Morgan fingerprint density at radius 1 is 0.882 bits per heavy atom. The van der Waals surface area contributed by atoms with Crippen molar-refractivity contribution in [2.24, 2.45) is 0 Å². The Hall–Kier alpha value is -1.87. The highest BCUT2D eigenvalue weighted by Gasteiger charge is 2.33. The SMILES string of the molecule is O=[S+]C(C(=O)c1ccccc1)c1ccccc1. The van der Waals surface area contributed by atoms with Crippen molar-refractivity contribution < 1.29 is 9.00 Å². The summed E-state index contributed by atoms with van der Waals surface area (Å²) in [6.45, 7) is 0. The van der Waals surface area contributed by atoms with Crippen LogP contribution in [0.5, 0.6) is 0 Å². The molecule has 0 aliphatic rings. The van der Waals surface area contributed by atoms with Crippen LogP contribution in [0.3, 0.4) is 0 Å². The molecule has 17 heavy (non-hydrogen) atoms. The zero-order chi connectivity index (χ0) is 12.1. The summed E-state index contributed by atoms with van der Waals surface area (Å²) >= 11 is 0.326. The normalized spacial score (nSPS) is 11.8. The highest BCUT2D eigenvalue weighted by atomic mass is 32.1. The lowest BCUT2D eigenvalue weighted by Crippen LogP contribution is -2.11. The summed E-state index contributed by atoms with van der Waals surface area (Å²) in [5, 5.41) is -0.668. The van der Waals surface area contributed by atoms with E-state index < -0.39 is 5.25 Å². The number of hydrogen-bond acceptors (Lipinski definition) is 2. The number of rotatable bonds is 4. The molecule has 1 atom stereocenters. The summed E-state index contributed by atoms with van der Waals surface area (Å²) in [5.74, 6) is -0.142. The summed E-state index contributed by atoms with van der Waals surface area (Å²) in [4.78, 5) is 12.2. The van der Waals surface area contributed by atoms with Gasteiger partial charge < -0.3 is 0 Å². The average Bonchev–Trinajstić information content (AvgIpc) is 2.42. The molecule has 2 rings (SSSR count). The topological polar surface area (TPSA) is 34.1 Å². The third-order valence-corrected chi connectivity index (χ3v) is 3.17. The number of ketones is 1. The molecule has 0 saturated carbocycles. The molecule has 0 heterocycles. The molecular formula is C14H11O2S+. The first-order valence-corrected chi connectivity index (χ1v) is 6.06. The van der Waals surface area contributed by atoms with Crippen LogP contribution in [0.4, 0.5) is 0 Å². The van der Waals surface area contributed by atoms with E-state index in [2.05, 4.69) is 0 Å². The molecule has 2 nitrogen and oxygen atoms in total. The number of hydrogen-bond donors (Lipinski definition) is 0. The number of Topliss-reactive ketones (excluding diaryl/α,β-unsaturated/α-hetero) is 1. The first kappa shape index (κ1) is 11.6. The first-order chi connectivity index (χ1) is 8.33. The van der Waals surface area contributed by atoms with Crippen LogP contribution in [-0.2, 0) is 15.9 Å². The van der Waals surface area contributed by atoms with Gasteiger partial charge in [0.2, 0.25) is 5.78 Å². The molecule has 0 aliphatic heterocycles. The van der Waals surface area contributed by atoms with Crippen LogP contribution >= 0.6 is 0 Å². The van der Waals surface area contributed by atoms with E-state index in [1.807, 2.05) is 24.3 Å². The van der Waals surface area contributed by atoms with Crippen LogP contribution in [0.2, 0.25) is 0 Å². The summed E-state index contributed by atoms with van der Waals surface area (Å²) < 4.78 is 11.1. The van der Waals surface area contributed by atoms with Crippen molar-refractivity contribution in [2.75, 3.05) is 0 Å². The van der Waals surface area contributed by atoms with Crippen molar-refractivity contribution in [2.45, 2.75) is 5.25 Å². The second-order valence-corrected chi connectivity index (χ2v) is 4.28. The Labute approximate surface area is 104 Å². The third kappa shape index (κ3) is 2.63. The zero-order valence-electron chi connectivity index (χ0n) is 9.08. The van der Waals surface area contributed by atoms with Gasteiger partial charge in [-0.05, 0) is 0 Å². The van der Waals surface area contributed by atoms with Crippen LogP contribution in [0.15, 0.2) is 60.7 Å². The number of benzene rings is 2. The van der Waals surface area contributed by atoms with E-state index in [9.17, 15) is 9.00 Å². The maximum atomic E-state index is 12.2. The minimum absolute atomic E-state index is 0.142. The smallest absolute Gasteiger partial charge is 0.287 e. The Balaban J connectivity index is 2.32. The fourth-order valence-electron chi connectivity index (χ4n) is 1.63. The summed E-state index contributed by atoms with van der Waals surface area (Å²) in [6.07, 6.45) is 0. The molecular weight excluding hydrogens is 232 g/mol. The van der Waals surface area contributed by atoms with Crippen molar-refractivity contribution in [3.63, 3.8) is 0 Å². The summed E-state index contributed by atoms with van der Waals surface area (Å²) in [6, 6.07) is 18.0. The third-order valence-electron chi connectivity index (χ3n) is 2.49. The van der Waals surface area contributed by atoms with Gasteiger partial charge in [-0.15, -0.1) is 0 Å². The van der Waals surface area contributed by atoms with Crippen molar-refractivity contribution in [1.29, 1.82) is 0 Å². The fourth-order valence-corrected chi connectivity index (χ4v) is 2.12. The van der Waals surface area contributed by atoms with Crippen LogP contribution in [-0.4, -0.2) is 5.78 Å². The minimum atomic E-state index is -0.668. The predicted octanol–water partition coefficient (Wildman–Crippen LogP) is 3.04. The first-order valence-electron chi connectivity index (χ1n) is 5.26. The fraction of sp³-hybridized carbons (Fsp3) is 0.0714. The molecule has 84 valence electrons. The quantitative estimate of drug-likeness (QED) is 0.611. The number of carbonyl (C=O) groups excluding carboxylic acids is 1. The van der Waals surface area contributed by atoms with Gasteiger partial charge in [-0.1, -0.05) is 60.7 Å². The van der Waals surface area contributed by atoms with Crippen LogP contribution < -0.4 is 0 Å². The molecule has 3 heteroatoms. The van der Waals surface area contributed by atoms with Crippen molar-refractivity contribution in [3.05, 3.63) is 71.8 Å². The maximum Gasteiger partial charge on any atom is 0.476 e. The molecule has 0 saturated heterocycles. The standard InChI is InChI=1S/C14H11O2S/c15-13(11-7-3-1-4-8-11)14(17-16)12-9-5-2-6-10-12/h1-10,14H/q+1. The molecule has 0 aromatic heterocycles. The number of carbonyl (C=O) groups is 1.